The Morgan fingerprint density at radius 1 is 1.32 bits per heavy atom. The zero-order valence-electron chi connectivity index (χ0n) is 10.8. The summed E-state index contributed by atoms with van der Waals surface area (Å²) in [7, 11) is 0. The van der Waals surface area contributed by atoms with Crippen LogP contribution in [-0.2, 0) is 11.0 Å². The van der Waals surface area contributed by atoms with Gasteiger partial charge in [0.25, 0.3) is 0 Å². The van der Waals surface area contributed by atoms with Gasteiger partial charge < -0.3 is 5.32 Å². The third-order valence-electron chi connectivity index (χ3n) is 2.87. The summed E-state index contributed by atoms with van der Waals surface area (Å²) in [4.78, 5) is 11.0. The van der Waals surface area contributed by atoms with E-state index in [1.807, 2.05) is 0 Å². The minimum atomic E-state index is -4.38. The van der Waals surface area contributed by atoms with Crippen molar-refractivity contribution in [2.45, 2.75) is 6.18 Å². The number of fused-ring (bicyclic) bond motifs is 1. The van der Waals surface area contributed by atoms with Crippen molar-refractivity contribution in [1.82, 2.24) is 5.32 Å². The highest BCUT2D eigenvalue weighted by atomic mass is 32.2. The van der Waals surface area contributed by atoms with Crippen LogP contribution in [0, 0.1) is 0 Å². The highest BCUT2D eigenvalue weighted by Crippen LogP contribution is 2.39. The Balaban J connectivity index is 1.92. The lowest BCUT2D eigenvalue weighted by atomic mass is 10.1. The minimum absolute atomic E-state index is 0.144. The first-order valence-corrected chi connectivity index (χ1v) is 7.93. The normalized spacial score (nSPS) is 17.8. The molecule has 1 aliphatic rings. The van der Waals surface area contributed by atoms with E-state index in [9.17, 15) is 18.0 Å². The Kier molecular flexibility index (Phi) is 3.92. The summed E-state index contributed by atoms with van der Waals surface area (Å²) < 4.78 is 39.2. The number of rotatable bonds is 2. The predicted molar refractivity (Wildman–Crippen MR) is 82.5 cm³/mol. The highest BCUT2D eigenvalue weighted by molar-refractivity contribution is 8.15. The van der Waals surface area contributed by atoms with Crippen LogP contribution < -0.4 is 5.32 Å². The lowest BCUT2D eigenvalue weighted by molar-refractivity contribution is -0.136. The minimum Gasteiger partial charge on any atom is -0.303 e. The number of thiophene rings is 1. The van der Waals surface area contributed by atoms with E-state index in [0.717, 1.165) is 16.7 Å². The molecule has 4 nitrogen and oxygen atoms in total. The maximum Gasteiger partial charge on any atom is 0.417 e. The molecule has 1 fully saturated rings. The SMILES string of the molecule is O=C1CSC(=NN=Cc2cccc3c(C(F)(F)F)csc23)N1. The Morgan fingerprint density at radius 3 is 2.82 bits per heavy atom. The molecule has 3 rings (SSSR count). The van der Waals surface area contributed by atoms with Crippen molar-refractivity contribution in [3.63, 3.8) is 0 Å². The summed E-state index contributed by atoms with van der Waals surface area (Å²) in [6, 6.07) is 4.65. The topological polar surface area (TPSA) is 53.8 Å². The fraction of sp³-hybridized carbons (Fsp3) is 0.154. The first-order valence-electron chi connectivity index (χ1n) is 6.06. The Hall–Kier alpha value is -1.87. The molecule has 9 heteroatoms. The van der Waals surface area contributed by atoms with Crippen molar-refractivity contribution < 1.29 is 18.0 Å². The van der Waals surface area contributed by atoms with Gasteiger partial charge in [-0.3, -0.25) is 4.79 Å². The second-order valence-corrected chi connectivity index (χ2v) is 6.20. The van der Waals surface area contributed by atoms with Crippen LogP contribution in [-0.4, -0.2) is 23.0 Å². The first-order chi connectivity index (χ1) is 10.4. The van der Waals surface area contributed by atoms with E-state index < -0.39 is 11.7 Å². The van der Waals surface area contributed by atoms with Gasteiger partial charge in [-0.2, -0.15) is 18.3 Å². The van der Waals surface area contributed by atoms with Crippen molar-refractivity contribution in [3.8, 4) is 0 Å². The average Bonchev–Trinajstić information content (AvgIpc) is 3.05. The molecule has 0 aliphatic carbocycles. The summed E-state index contributed by atoms with van der Waals surface area (Å²) >= 11 is 2.24. The van der Waals surface area contributed by atoms with Crippen LogP contribution in [0.15, 0.2) is 33.8 Å². The van der Waals surface area contributed by atoms with Crippen molar-refractivity contribution in [3.05, 3.63) is 34.7 Å². The third kappa shape index (κ3) is 3.00. The Bertz CT molecular complexity index is 795. The quantitative estimate of drug-likeness (QED) is 0.670. The van der Waals surface area contributed by atoms with E-state index in [1.165, 1.54) is 24.0 Å². The molecule has 1 amide bonds. The van der Waals surface area contributed by atoms with Crippen LogP contribution in [0.5, 0.6) is 0 Å². The smallest absolute Gasteiger partial charge is 0.303 e. The summed E-state index contributed by atoms with van der Waals surface area (Å²) in [6.45, 7) is 0. The van der Waals surface area contributed by atoms with Gasteiger partial charge in [0.05, 0.1) is 17.5 Å². The molecule has 1 aromatic heterocycles. The number of thioether (sulfide) groups is 1. The molecule has 1 saturated heterocycles. The van der Waals surface area contributed by atoms with Crippen molar-refractivity contribution in [2.75, 3.05) is 5.75 Å². The Morgan fingerprint density at radius 2 is 2.14 bits per heavy atom. The molecule has 0 saturated carbocycles. The molecular formula is C13H8F3N3OS2. The molecule has 2 heterocycles. The monoisotopic (exact) mass is 343 g/mol. The second-order valence-electron chi connectivity index (χ2n) is 4.36. The molecule has 0 atom stereocenters. The molecule has 1 N–H and O–H groups in total. The van der Waals surface area contributed by atoms with E-state index in [0.29, 0.717) is 21.2 Å². The molecule has 0 spiro atoms. The lowest BCUT2D eigenvalue weighted by Gasteiger charge is -2.04. The van der Waals surface area contributed by atoms with Crippen molar-refractivity contribution >= 4 is 50.5 Å². The third-order valence-corrected chi connectivity index (χ3v) is 4.78. The van der Waals surface area contributed by atoms with E-state index in [1.54, 1.807) is 12.1 Å². The van der Waals surface area contributed by atoms with Crippen LogP contribution in [0.4, 0.5) is 13.2 Å². The van der Waals surface area contributed by atoms with Crippen molar-refractivity contribution in [1.29, 1.82) is 0 Å². The van der Waals surface area contributed by atoms with Crippen LogP contribution in [0.2, 0.25) is 0 Å². The maximum atomic E-state index is 12.9. The van der Waals surface area contributed by atoms with Gasteiger partial charge in [0.15, 0.2) is 5.17 Å². The average molecular weight is 343 g/mol. The molecule has 0 bridgehead atoms. The fourth-order valence-corrected chi connectivity index (χ4v) is 3.61. The Labute approximate surface area is 131 Å². The number of nitrogens with one attached hydrogen (secondary N) is 1. The van der Waals surface area contributed by atoms with Crippen LogP contribution in [0.3, 0.4) is 0 Å². The predicted octanol–water partition coefficient (Wildman–Crippen LogP) is 3.47. The van der Waals surface area contributed by atoms with E-state index in [2.05, 4.69) is 15.5 Å². The standard InChI is InChI=1S/C13H8F3N3OS2/c14-13(15,16)9-5-21-11-7(2-1-3-8(9)11)4-17-19-12-18-10(20)6-22-12/h1-5H,6H2,(H,18,19,20). The number of amidine groups is 1. The van der Waals surface area contributed by atoms with Gasteiger partial charge in [-0.25, -0.2) is 0 Å². The number of halogens is 3. The van der Waals surface area contributed by atoms with E-state index >= 15 is 0 Å². The molecule has 0 radical (unpaired) electrons. The first kappa shape index (κ1) is 15.0. The molecule has 0 unspecified atom stereocenters. The number of hydrogen-bond acceptors (Lipinski definition) is 5. The van der Waals surface area contributed by atoms with Gasteiger partial charge in [-0.15, -0.1) is 16.4 Å². The second kappa shape index (κ2) is 5.73. The number of carbonyl (C=O) groups is 1. The molecule has 22 heavy (non-hydrogen) atoms. The molecule has 1 aromatic carbocycles. The largest absolute Gasteiger partial charge is 0.417 e. The highest BCUT2D eigenvalue weighted by Gasteiger charge is 2.33. The number of benzene rings is 1. The van der Waals surface area contributed by atoms with Gasteiger partial charge in [0.2, 0.25) is 5.91 Å². The molecule has 114 valence electrons. The van der Waals surface area contributed by atoms with Crippen LogP contribution >= 0.6 is 23.1 Å². The maximum absolute atomic E-state index is 12.9. The van der Waals surface area contributed by atoms with E-state index in [4.69, 9.17) is 0 Å². The summed E-state index contributed by atoms with van der Waals surface area (Å²) in [6.07, 6.45) is -2.99. The number of amides is 1. The van der Waals surface area contributed by atoms with E-state index in [-0.39, 0.29) is 11.3 Å². The van der Waals surface area contributed by atoms with Gasteiger partial charge in [-0.1, -0.05) is 30.0 Å². The summed E-state index contributed by atoms with van der Waals surface area (Å²) in [5.41, 5.74) is -0.0932. The van der Waals surface area contributed by atoms with Gasteiger partial charge in [0.1, 0.15) is 0 Å². The summed E-state index contributed by atoms with van der Waals surface area (Å²) in [5, 5.41) is 11.8. The zero-order valence-corrected chi connectivity index (χ0v) is 12.5. The lowest BCUT2D eigenvalue weighted by Crippen LogP contribution is -2.19. The van der Waals surface area contributed by atoms with Crippen molar-refractivity contribution in [2.24, 2.45) is 10.2 Å². The van der Waals surface area contributed by atoms with Crippen LogP contribution in [0.25, 0.3) is 10.1 Å². The van der Waals surface area contributed by atoms with Gasteiger partial charge >= 0.3 is 6.18 Å². The van der Waals surface area contributed by atoms with Crippen LogP contribution in [0.1, 0.15) is 11.1 Å². The fourth-order valence-electron chi connectivity index (χ4n) is 1.92. The number of nitrogens with zero attached hydrogens (tertiary/aromatic N) is 2. The number of hydrogen-bond donors (Lipinski definition) is 1. The molecule has 1 aliphatic heterocycles. The molecular weight excluding hydrogens is 335 g/mol. The van der Waals surface area contributed by atoms with Gasteiger partial charge in [-0.05, 0) is 0 Å². The number of alkyl halides is 3. The zero-order chi connectivity index (χ0) is 15.7. The summed E-state index contributed by atoms with van der Waals surface area (Å²) in [5.74, 6) is 0.151. The molecule has 2 aromatic rings. The number of carbonyl (C=O) groups excluding carboxylic acids is 1. The van der Waals surface area contributed by atoms with Gasteiger partial charge in [0, 0.05) is 21.0 Å².